The van der Waals surface area contributed by atoms with Gasteiger partial charge in [0.05, 0.1) is 0 Å². The van der Waals surface area contributed by atoms with E-state index in [0.717, 1.165) is 19.3 Å². The summed E-state index contributed by atoms with van der Waals surface area (Å²) in [6, 6.07) is 0. The number of hydrogen-bond acceptors (Lipinski definition) is 4. The van der Waals surface area contributed by atoms with Crippen LogP contribution in [0.25, 0.3) is 0 Å². The standard InChI is InChI=1S/C19H32O4/c1-6-11-12-14-18(13-7-2)19(15-8-3,16-9-4)21-23-22-20-17-10-5/h7-10,18H,2-6,11-17H2,1H3. The van der Waals surface area contributed by atoms with Gasteiger partial charge in [0.15, 0.2) is 0 Å². The molecule has 0 amide bonds. The van der Waals surface area contributed by atoms with Crippen LogP contribution >= 0.6 is 0 Å². The van der Waals surface area contributed by atoms with Crippen molar-refractivity contribution in [2.45, 2.75) is 57.5 Å². The molecule has 1 atom stereocenters. The number of allylic oxidation sites excluding steroid dienone is 1. The van der Waals surface area contributed by atoms with Gasteiger partial charge < -0.3 is 0 Å². The van der Waals surface area contributed by atoms with Crippen molar-refractivity contribution < 1.29 is 19.9 Å². The summed E-state index contributed by atoms with van der Waals surface area (Å²) in [6.07, 6.45) is 13.7. The Balaban J connectivity index is 4.97. The third-order valence-corrected chi connectivity index (χ3v) is 3.79. The molecule has 0 aromatic heterocycles. The zero-order valence-electron chi connectivity index (χ0n) is 14.5. The lowest BCUT2D eigenvalue weighted by molar-refractivity contribution is -0.652. The Morgan fingerprint density at radius 3 is 2.13 bits per heavy atom. The summed E-state index contributed by atoms with van der Waals surface area (Å²) in [4.78, 5) is 10.4. The third-order valence-electron chi connectivity index (χ3n) is 3.79. The second kappa shape index (κ2) is 14.4. The molecular weight excluding hydrogens is 292 g/mol. The Kier molecular flexibility index (Phi) is 13.6. The fraction of sp³-hybridized carbons (Fsp3) is 0.579. The van der Waals surface area contributed by atoms with Crippen LogP contribution in [0, 0.1) is 5.92 Å². The summed E-state index contributed by atoms with van der Waals surface area (Å²) in [6.45, 7) is 17.5. The molecule has 0 spiro atoms. The van der Waals surface area contributed by atoms with Gasteiger partial charge in [-0.05, 0) is 41.7 Å². The molecule has 0 rings (SSSR count). The van der Waals surface area contributed by atoms with Crippen LogP contribution in [0.15, 0.2) is 50.6 Å². The molecule has 4 nitrogen and oxygen atoms in total. The van der Waals surface area contributed by atoms with Crippen molar-refractivity contribution in [1.82, 2.24) is 0 Å². The Bertz CT molecular complexity index is 328. The molecule has 0 heterocycles. The van der Waals surface area contributed by atoms with Crippen molar-refractivity contribution in [3.05, 3.63) is 50.6 Å². The highest BCUT2D eigenvalue weighted by atomic mass is 17.7. The maximum atomic E-state index is 5.63. The van der Waals surface area contributed by atoms with E-state index in [1.165, 1.54) is 12.8 Å². The van der Waals surface area contributed by atoms with Crippen LogP contribution in [0.4, 0.5) is 0 Å². The first-order valence-electron chi connectivity index (χ1n) is 8.28. The molecule has 23 heavy (non-hydrogen) atoms. The van der Waals surface area contributed by atoms with Gasteiger partial charge in [0, 0.05) is 0 Å². The van der Waals surface area contributed by atoms with E-state index < -0.39 is 5.60 Å². The average Bonchev–Trinajstić information content (AvgIpc) is 2.54. The zero-order chi connectivity index (χ0) is 17.4. The van der Waals surface area contributed by atoms with E-state index in [4.69, 9.17) is 14.8 Å². The lowest BCUT2D eigenvalue weighted by Gasteiger charge is -2.37. The van der Waals surface area contributed by atoms with Crippen molar-refractivity contribution in [3.8, 4) is 0 Å². The minimum absolute atomic E-state index is 0.214. The van der Waals surface area contributed by atoms with Gasteiger partial charge in [-0.3, -0.25) is 0 Å². The van der Waals surface area contributed by atoms with Crippen molar-refractivity contribution in [1.29, 1.82) is 0 Å². The molecule has 0 bridgehead atoms. The summed E-state index contributed by atoms with van der Waals surface area (Å²) in [7, 11) is 0. The molecule has 0 saturated heterocycles. The average molecular weight is 324 g/mol. The predicted octanol–water partition coefficient (Wildman–Crippen LogP) is 5.65. The van der Waals surface area contributed by atoms with Crippen molar-refractivity contribution in [2.75, 3.05) is 6.61 Å². The van der Waals surface area contributed by atoms with E-state index in [1.807, 2.05) is 18.2 Å². The molecule has 0 fully saturated rings. The van der Waals surface area contributed by atoms with Gasteiger partial charge in [-0.25, -0.2) is 0 Å². The molecule has 0 aliphatic carbocycles. The summed E-state index contributed by atoms with van der Waals surface area (Å²) >= 11 is 0. The second-order valence-corrected chi connectivity index (χ2v) is 5.56. The molecule has 0 aliphatic rings. The first kappa shape index (κ1) is 21.8. The molecule has 132 valence electrons. The van der Waals surface area contributed by atoms with Crippen molar-refractivity contribution in [3.63, 3.8) is 0 Å². The highest BCUT2D eigenvalue weighted by molar-refractivity contribution is 4.99. The lowest BCUT2D eigenvalue weighted by atomic mass is 9.77. The van der Waals surface area contributed by atoms with Crippen LogP contribution in [-0.2, 0) is 19.9 Å². The smallest absolute Gasteiger partial charge is 0.117 e. The predicted molar refractivity (Wildman–Crippen MR) is 94.2 cm³/mol. The molecule has 0 aromatic rings. The maximum absolute atomic E-state index is 5.63. The van der Waals surface area contributed by atoms with Crippen LogP contribution in [0.2, 0.25) is 0 Å². The minimum Gasteiger partial charge on any atom is -0.200 e. The zero-order valence-corrected chi connectivity index (χ0v) is 14.5. The lowest BCUT2D eigenvalue weighted by Crippen LogP contribution is -2.40. The largest absolute Gasteiger partial charge is 0.200 e. The van der Waals surface area contributed by atoms with Gasteiger partial charge in [0.25, 0.3) is 0 Å². The fourth-order valence-electron chi connectivity index (χ4n) is 2.66. The molecule has 0 aromatic carbocycles. The summed E-state index contributed by atoms with van der Waals surface area (Å²) in [5, 5.41) is 9.43. The Labute approximate surface area is 141 Å². The molecule has 0 aliphatic heterocycles. The highest BCUT2D eigenvalue weighted by Crippen LogP contribution is 2.37. The van der Waals surface area contributed by atoms with Gasteiger partial charge in [-0.1, -0.05) is 50.5 Å². The SMILES string of the molecule is C=CCOOOOC(CC=C)(CC=C)C(CC=C)CCCCC. The van der Waals surface area contributed by atoms with Gasteiger partial charge in [0.2, 0.25) is 0 Å². The Morgan fingerprint density at radius 1 is 0.913 bits per heavy atom. The fourth-order valence-corrected chi connectivity index (χ4v) is 2.66. The highest BCUT2D eigenvalue weighted by Gasteiger charge is 2.39. The maximum Gasteiger partial charge on any atom is 0.117 e. The first-order chi connectivity index (χ1) is 11.2. The summed E-state index contributed by atoms with van der Waals surface area (Å²) < 4.78 is 0. The van der Waals surface area contributed by atoms with Gasteiger partial charge in [0.1, 0.15) is 12.2 Å². The third kappa shape index (κ3) is 8.86. The van der Waals surface area contributed by atoms with E-state index in [-0.39, 0.29) is 12.5 Å². The Hall–Kier alpha value is -1.20. The second-order valence-electron chi connectivity index (χ2n) is 5.56. The van der Waals surface area contributed by atoms with Crippen LogP contribution in [-0.4, -0.2) is 12.2 Å². The van der Waals surface area contributed by atoms with Gasteiger partial charge >= 0.3 is 0 Å². The Morgan fingerprint density at radius 2 is 1.61 bits per heavy atom. The van der Waals surface area contributed by atoms with Crippen LogP contribution in [0.3, 0.4) is 0 Å². The topological polar surface area (TPSA) is 36.9 Å². The molecule has 1 unspecified atom stereocenters. The van der Waals surface area contributed by atoms with Crippen LogP contribution < -0.4 is 0 Å². The van der Waals surface area contributed by atoms with E-state index in [0.29, 0.717) is 12.8 Å². The number of rotatable bonds is 17. The first-order valence-corrected chi connectivity index (χ1v) is 8.28. The van der Waals surface area contributed by atoms with Crippen LogP contribution in [0.5, 0.6) is 0 Å². The quantitative estimate of drug-likeness (QED) is 0.150. The monoisotopic (exact) mass is 324 g/mol. The molecule has 4 heteroatoms. The van der Waals surface area contributed by atoms with Crippen LogP contribution in [0.1, 0.15) is 51.9 Å². The van der Waals surface area contributed by atoms with E-state index in [9.17, 15) is 0 Å². The van der Waals surface area contributed by atoms with Gasteiger partial charge in [-0.15, -0.1) is 26.3 Å². The number of unbranched alkanes of at least 4 members (excludes halogenated alkanes) is 2. The normalized spacial score (nSPS) is 12.6. The summed E-state index contributed by atoms with van der Waals surface area (Å²) in [5.41, 5.74) is -0.594. The molecule has 0 saturated carbocycles. The van der Waals surface area contributed by atoms with Gasteiger partial charge in [-0.2, -0.15) is 9.78 Å². The van der Waals surface area contributed by atoms with E-state index in [2.05, 4.69) is 38.3 Å². The molecule has 0 N–H and O–H groups in total. The summed E-state index contributed by atoms with van der Waals surface area (Å²) in [5.74, 6) is 0.227. The van der Waals surface area contributed by atoms with Crippen molar-refractivity contribution in [2.24, 2.45) is 5.92 Å². The molecular formula is C19H32O4. The number of hydrogen-bond donors (Lipinski definition) is 0. The van der Waals surface area contributed by atoms with E-state index in [1.54, 1.807) is 6.08 Å². The minimum atomic E-state index is -0.594. The molecule has 0 radical (unpaired) electrons. The van der Waals surface area contributed by atoms with Crippen molar-refractivity contribution >= 4 is 0 Å². The van der Waals surface area contributed by atoms with E-state index >= 15 is 0 Å².